The molecular weight excluding hydrogens is 424 g/mol. The minimum Gasteiger partial charge on any atom is -0.456 e. The third-order valence-electron chi connectivity index (χ3n) is 4.51. The SMILES string of the molecule is C=CCO[C@@H](C)[C@H]1OC(OCC[Si](C)(C)C)[C@H](OC(C)=O)[C@@H](OC(C)=O)[C@H]1OC(C)=O. The molecule has 1 fully saturated rings. The summed E-state index contributed by atoms with van der Waals surface area (Å²) in [6, 6.07) is 0.846. The maximum atomic E-state index is 11.9. The third kappa shape index (κ3) is 9.50. The van der Waals surface area contributed by atoms with Crippen molar-refractivity contribution in [2.45, 2.75) is 90.2 Å². The first-order valence-corrected chi connectivity index (χ1v) is 14.1. The van der Waals surface area contributed by atoms with Crippen LogP contribution in [0.5, 0.6) is 0 Å². The predicted octanol–water partition coefficient (Wildman–Crippen LogP) is 2.45. The van der Waals surface area contributed by atoms with Crippen LogP contribution in [0, 0.1) is 0 Å². The van der Waals surface area contributed by atoms with E-state index in [1.807, 2.05) is 0 Å². The summed E-state index contributed by atoms with van der Waals surface area (Å²) >= 11 is 0. The number of hydrogen-bond donors (Lipinski definition) is 0. The monoisotopic (exact) mass is 460 g/mol. The minimum atomic E-state index is -1.41. The van der Waals surface area contributed by atoms with E-state index in [0.717, 1.165) is 6.04 Å². The number of rotatable bonds is 11. The maximum Gasteiger partial charge on any atom is 0.303 e. The molecule has 178 valence electrons. The second-order valence-corrected chi connectivity index (χ2v) is 14.3. The van der Waals surface area contributed by atoms with E-state index in [1.165, 1.54) is 20.8 Å². The predicted molar refractivity (Wildman–Crippen MR) is 115 cm³/mol. The van der Waals surface area contributed by atoms with Crippen LogP contribution in [0.4, 0.5) is 0 Å². The number of hydrogen-bond acceptors (Lipinski definition) is 9. The molecule has 1 saturated heterocycles. The smallest absolute Gasteiger partial charge is 0.303 e. The Bertz CT molecular complexity index is 631. The van der Waals surface area contributed by atoms with Gasteiger partial charge in [0, 0.05) is 35.5 Å². The number of ether oxygens (including phenoxy) is 6. The number of carbonyl (C=O) groups excluding carboxylic acids is 3. The normalized spacial score (nSPS) is 27.1. The van der Waals surface area contributed by atoms with E-state index in [0.29, 0.717) is 6.61 Å². The van der Waals surface area contributed by atoms with Gasteiger partial charge in [0.2, 0.25) is 0 Å². The molecule has 0 bridgehead atoms. The fraction of sp³-hybridized carbons (Fsp3) is 0.762. The van der Waals surface area contributed by atoms with Crippen LogP contribution in [0.25, 0.3) is 0 Å². The van der Waals surface area contributed by atoms with Crippen molar-refractivity contribution in [3.8, 4) is 0 Å². The number of esters is 3. The second kappa shape index (κ2) is 12.3. The molecule has 10 heteroatoms. The van der Waals surface area contributed by atoms with Crippen LogP contribution in [-0.4, -0.2) is 76.0 Å². The van der Waals surface area contributed by atoms with Crippen molar-refractivity contribution in [3.63, 3.8) is 0 Å². The van der Waals surface area contributed by atoms with Gasteiger partial charge in [0.05, 0.1) is 12.7 Å². The standard InChI is InChI=1S/C21H36O9Si/c1-9-10-25-13(2)17-18(27-14(3)22)19(28-15(4)23)20(29-16(5)24)21(30-17)26-11-12-31(6,7)8/h9,13,17-21H,1,10-12H2,2-8H3/t13-,17+,18-,19-,20+,21?/m0/s1. The molecule has 0 N–H and O–H groups in total. The summed E-state index contributed by atoms with van der Waals surface area (Å²) < 4.78 is 34.1. The molecule has 0 amide bonds. The lowest BCUT2D eigenvalue weighted by Gasteiger charge is -2.45. The first-order valence-electron chi connectivity index (χ1n) is 10.4. The number of carbonyl (C=O) groups is 3. The van der Waals surface area contributed by atoms with Crippen LogP contribution in [0.3, 0.4) is 0 Å². The van der Waals surface area contributed by atoms with Gasteiger partial charge in [0.25, 0.3) is 0 Å². The van der Waals surface area contributed by atoms with Gasteiger partial charge in [-0.3, -0.25) is 14.4 Å². The summed E-state index contributed by atoms with van der Waals surface area (Å²) in [5.74, 6) is -1.84. The molecule has 1 aliphatic heterocycles. The van der Waals surface area contributed by atoms with Gasteiger partial charge in [-0.25, -0.2) is 0 Å². The molecule has 1 unspecified atom stereocenters. The van der Waals surface area contributed by atoms with E-state index in [1.54, 1.807) is 13.0 Å². The van der Waals surface area contributed by atoms with Gasteiger partial charge < -0.3 is 28.4 Å². The average Bonchev–Trinajstić information content (AvgIpc) is 2.61. The summed E-state index contributed by atoms with van der Waals surface area (Å²) in [6.45, 7) is 16.3. The molecular formula is C21H36O9Si. The third-order valence-corrected chi connectivity index (χ3v) is 6.21. The lowest BCUT2D eigenvalue weighted by molar-refractivity contribution is -0.315. The average molecular weight is 461 g/mol. The molecule has 0 spiro atoms. The van der Waals surface area contributed by atoms with E-state index in [2.05, 4.69) is 26.2 Å². The highest BCUT2D eigenvalue weighted by molar-refractivity contribution is 6.76. The lowest BCUT2D eigenvalue weighted by atomic mass is 9.95. The highest BCUT2D eigenvalue weighted by Crippen LogP contribution is 2.32. The van der Waals surface area contributed by atoms with E-state index >= 15 is 0 Å². The topological polar surface area (TPSA) is 107 Å². The maximum absolute atomic E-state index is 11.9. The van der Waals surface area contributed by atoms with Gasteiger partial charge in [-0.15, -0.1) is 6.58 Å². The van der Waals surface area contributed by atoms with Gasteiger partial charge in [-0.1, -0.05) is 25.7 Å². The fourth-order valence-corrected chi connectivity index (χ4v) is 3.84. The fourth-order valence-electron chi connectivity index (χ4n) is 3.11. The zero-order valence-electron chi connectivity index (χ0n) is 19.5. The van der Waals surface area contributed by atoms with Crippen molar-refractivity contribution in [1.82, 2.24) is 0 Å². The zero-order chi connectivity index (χ0) is 23.8. The molecule has 0 aromatic carbocycles. The molecule has 0 aromatic heterocycles. The molecule has 6 atom stereocenters. The molecule has 0 saturated carbocycles. The summed E-state index contributed by atoms with van der Waals surface area (Å²) in [4.78, 5) is 35.5. The van der Waals surface area contributed by atoms with Crippen LogP contribution in [0.2, 0.25) is 25.7 Å². The van der Waals surface area contributed by atoms with Crippen molar-refractivity contribution in [1.29, 1.82) is 0 Å². The Labute approximate surface area is 185 Å². The van der Waals surface area contributed by atoms with Crippen molar-refractivity contribution in [2.24, 2.45) is 0 Å². The second-order valence-electron chi connectivity index (χ2n) is 8.70. The van der Waals surface area contributed by atoms with Crippen LogP contribution in [0.1, 0.15) is 27.7 Å². The van der Waals surface area contributed by atoms with E-state index in [4.69, 9.17) is 28.4 Å². The molecule has 1 rings (SSSR count). The molecule has 0 radical (unpaired) electrons. The Morgan fingerprint density at radius 2 is 1.48 bits per heavy atom. The molecule has 0 aromatic rings. The van der Waals surface area contributed by atoms with E-state index < -0.39 is 62.8 Å². The van der Waals surface area contributed by atoms with Crippen molar-refractivity contribution >= 4 is 26.0 Å². The Hall–Kier alpha value is -1.75. The lowest BCUT2D eigenvalue weighted by Crippen LogP contribution is -2.64. The van der Waals surface area contributed by atoms with Crippen molar-refractivity contribution < 1.29 is 42.8 Å². The summed E-state index contributed by atoms with van der Waals surface area (Å²) in [6.07, 6.45) is -4.17. The van der Waals surface area contributed by atoms with Crippen molar-refractivity contribution in [2.75, 3.05) is 13.2 Å². The first kappa shape index (κ1) is 27.3. The summed E-state index contributed by atoms with van der Waals surface area (Å²) in [7, 11) is -1.41. The first-order chi connectivity index (χ1) is 14.4. The molecule has 9 nitrogen and oxygen atoms in total. The van der Waals surface area contributed by atoms with Gasteiger partial charge in [0.15, 0.2) is 24.6 Å². The Kier molecular flexibility index (Phi) is 10.8. The van der Waals surface area contributed by atoms with Gasteiger partial charge in [-0.2, -0.15) is 0 Å². The van der Waals surface area contributed by atoms with Gasteiger partial charge >= 0.3 is 17.9 Å². The van der Waals surface area contributed by atoms with Crippen LogP contribution >= 0.6 is 0 Å². The molecule has 0 aliphatic carbocycles. The van der Waals surface area contributed by atoms with Gasteiger partial charge in [0.1, 0.15) is 6.10 Å². The van der Waals surface area contributed by atoms with E-state index in [9.17, 15) is 14.4 Å². The Morgan fingerprint density at radius 1 is 0.968 bits per heavy atom. The van der Waals surface area contributed by atoms with Crippen LogP contribution < -0.4 is 0 Å². The molecule has 1 heterocycles. The molecule has 1 aliphatic rings. The Morgan fingerprint density at radius 3 is 1.97 bits per heavy atom. The highest BCUT2D eigenvalue weighted by atomic mass is 28.3. The van der Waals surface area contributed by atoms with E-state index in [-0.39, 0.29) is 6.61 Å². The Balaban J connectivity index is 3.29. The largest absolute Gasteiger partial charge is 0.456 e. The van der Waals surface area contributed by atoms with Crippen LogP contribution in [-0.2, 0) is 42.8 Å². The molecule has 31 heavy (non-hydrogen) atoms. The zero-order valence-corrected chi connectivity index (χ0v) is 20.5. The quantitative estimate of drug-likeness (QED) is 0.199. The van der Waals surface area contributed by atoms with Crippen molar-refractivity contribution in [3.05, 3.63) is 12.7 Å². The minimum absolute atomic E-state index is 0.237. The summed E-state index contributed by atoms with van der Waals surface area (Å²) in [5, 5.41) is 0. The van der Waals surface area contributed by atoms with Gasteiger partial charge in [-0.05, 0) is 13.0 Å². The highest BCUT2D eigenvalue weighted by Gasteiger charge is 2.54. The summed E-state index contributed by atoms with van der Waals surface area (Å²) in [5.41, 5.74) is 0. The van der Waals surface area contributed by atoms with Crippen LogP contribution in [0.15, 0.2) is 12.7 Å².